The van der Waals surface area contributed by atoms with Crippen molar-refractivity contribution in [1.29, 1.82) is 0 Å². The van der Waals surface area contributed by atoms with Gasteiger partial charge in [0.15, 0.2) is 0 Å². The number of nitrogens with one attached hydrogen (secondary N) is 1. The molecule has 2 N–H and O–H groups in total. The van der Waals surface area contributed by atoms with Gasteiger partial charge < -0.3 is 15.2 Å². The van der Waals surface area contributed by atoms with E-state index in [1.165, 1.54) is 32.1 Å². The van der Waals surface area contributed by atoms with E-state index in [1.807, 2.05) is 0 Å². The van der Waals surface area contributed by atoms with E-state index in [0.29, 0.717) is 6.04 Å². The van der Waals surface area contributed by atoms with Crippen molar-refractivity contribution in [3.63, 3.8) is 0 Å². The summed E-state index contributed by atoms with van der Waals surface area (Å²) in [5.41, 5.74) is -0.165. The Balaban J connectivity index is 1.94. The van der Waals surface area contributed by atoms with E-state index in [0.717, 1.165) is 13.0 Å². The van der Waals surface area contributed by atoms with Crippen molar-refractivity contribution in [2.75, 3.05) is 13.2 Å². The molecule has 2 aliphatic rings. The minimum Gasteiger partial charge on any atom is -0.394 e. The predicted octanol–water partition coefficient (Wildman–Crippen LogP) is 1.45. The number of ether oxygens (including phenoxy) is 1. The van der Waals surface area contributed by atoms with Crippen LogP contribution in [0.5, 0.6) is 0 Å². The standard InChI is InChI=1S/C12H23NO2/c1-10-12(9-14,7-8-15-10)13-11-5-3-2-4-6-11/h10-11,13-14H,2-9H2,1H3. The Kier molecular flexibility index (Phi) is 3.65. The molecule has 88 valence electrons. The van der Waals surface area contributed by atoms with Crippen LogP contribution in [0.3, 0.4) is 0 Å². The van der Waals surface area contributed by atoms with Gasteiger partial charge in [0, 0.05) is 12.6 Å². The first-order chi connectivity index (χ1) is 7.27. The molecule has 0 aromatic heterocycles. The third-order valence-electron chi connectivity index (χ3n) is 4.07. The zero-order chi connectivity index (χ0) is 10.7. The molecule has 1 saturated carbocycles. The Morgan fingerprint density at radius 2 is 2.07 bits per heavy atom. The summed E-state index contributed by atoms with van der Waals surface area (Å²) < 4.78 is 5.58. The molecule has 1 saturated heterocycles. The zero-order valence-electron chi connectivity index (χ0n) is 9.67. The molecule has 1 aliphatic heterocycles. The number of aliphatic hydroxyl groups is 1. The van der Waals surface area contributed by atoms with Crippen molar-refractivity contribution in [2.45, 2.75) is 63.1 Å². The second-order valence-electron chi connectivity index (χ2n) is 5.06. The predicted molar refractivity (Wildman–Crippen MR) is 59.9 cm³/mol. The van der Waals surface area contributed by atoms with Gasteiger partial charge in [0.1, 0.15) is 0 Å². The Labute approximate surface area is 92.2 Å². The lowest BCUT2D eigenvalue weighted by molar-refractivity contribution is 0.0446. The fraction of sp³-hybridized carbons (Fsp3) is 1.00. The summed E-state index contributed by atoms with van der Waals surface area (Å²) in [6.45, 7) is 3.05. The third-order valence-corrected chi connectivity index (χ3v) is 4.07. The molecule has 0 aromatic carbocycles. The minimum atomic E-state index is -0.165. The SMILES string of the molecule is CC1OCCC1(CO)NC1CCCCC1. The van der Waals surface area contributed by atoms with Gasteiger partial charge in [-0.05, 0) is 26.2 Å². The van der Waals surface area contributed by atoms with E-state index in [4.69, 9.17) is 4.74 Å². The van der Waals surface area contributed by atoms with Crippen molar-refractivity contribution >= 4 is 0 Å². The second-order valence-corrected chi connectivity index (χ2v) is 5.06. The van der Waals surface area contributed by atoms with Crippen LogP contribution in [0.15, 0.2) is 0 Å². The molecule has 2 fully saturated rings. The third kappa shape index (κ3) is 2.35. The van der Waals surface area contributed by atoms with Gasteiger partial charge in [-0.2, -0.15) is 0 Å². The first kappa shape index (κ1) is 11.4. The molecule has 3 nitrogen and oxygen atoms in total. The normalized spacial score (nSPS) is 38.4. The Morgan fingerprint density at radius 1 is 1.33 bits per heavy atom. The lowest BCUT2D eigenvalue weighted by atomic mass is 9.88. The Bertz CT molecular complexity index is 204. The van der Waals surface area contributed by atoms with Gasteiger partial charge in [0.05, 0.1) is 18.2 Å². The van der Waals surface area contributed by atoms with Crippen LogP contribution in [-0.4, -0.2) is 36.0 Å². The first-order valence-corrected chi connectivity index (χ1v) is 6.27. The number of hydrogen-bond donors (Lipinski definition) is 2. The summed E-state index contributed by atoms with van der Waals surface area (Å²) in [5.74, 6) is 0. The topological polar surface area (TPSA) is 41.5 Å². The van der Waals surface area contributed by atoms with Crippen LogP contribution in [0.4, 0.5) is 0 Å². The molecule has 0 spiro atoms. The highest BCUT2D eigenvalue weighted by Gasteiger charge is 2.42. The Hall–Kier alpha value is -0.120. The maximum atomic E-state index is 9.58. The monoisotopic (exact) mass is 213 g/mol. The van der Waals surface area contributed by atoms with Crippen molar-refractivity contribution in [2.24, 2.45) is 0 Å². The average molecular weight is 213 g/mol. The van der Waals surface area contributed by atoms with Crippen LogP contribution < -0.4 is 5.32 Å². The van der Waals surface area contributed by atoms with Crippen LogP contribution in [0.25, 0.3) is 0 Å². The van der Waals surface area contributed by atoms with Gasteiger partial charge in [-0.15, -0.1) is 0 Å². The fourth-order valence-electron chi connectivity index (χ4n) is 2.88. The smallest absolute Gasteiger partial charge is 0.0751 e. The van der Waals surface area contributed by atoms with Crippen molar-refractivity contribution in [3.8, 4) is 0 Å². The maximum absolute atomic E-state index is 9.58. The van der Waals surface area contributed by atoms with Crippen LogP contribution in [0.1, 0.15) is 45.4 Å². The van der Waals surface area contributed by atoms with E-state index >= 15 is 0 Å². The van der Waals surface area contributed by atoms with Gasteiger partial charge in [-0.1, -0.05) is 19.3 Å². The van der Waals surface area contributed by atoms with Crippen LogP contribution in [0, 0.1) is 0 Å². The average Bonchev–Trinajstić information content (AvgIpc) is 2.62. The number of rotatable bonds is 3. The molecular formula is C12H23NO2. The van der Waals surface area contributed by atoms with Crippen molar-refractivity contribution < 1.29 is 9.84 Å². The molecule has 15 heavy (non-hydrogen) atoms. The van der Waals surface area contributed by atoms with E-state index < -0.39 is 0 Å². The molecule has 3 heteroatoms. The van der Waals surface area contributed by atoms with Crippen molar-refractivity contribution in [1.82, 2.24) is 5.32 Å². The van der Waals surface area contributed by atoms with Gasteiger partial charge in [-0.25, -0.2) is 0 Å². The summed E-state index contributed by atoms with van der Waals surface area (Å²) in [6, 6.07) is 0.593. The summed E-state index contributed by atoms with van der Waals surface area (Å²) in [4.78, 5) is 0. The minimum absolute atomic E-state index is 0.143. The molecule has 0 amide bonds. The summed E-state index contributed by atoms with van der Waals surface area (Å²) in [7, 11) is 0. The maximum Gasteiger partial charge on any atom is 0.0751 e. The van der Waals surface area contributed by atoms with Crippen LogP contribution in [0.2, 0.25) is 0 Å². The van der Waals surface area contributed by atoms with E-state index in [2.05, 4.69) is 12.2 Å². The lowest BCUT2D eigenvalue weighted by Gasteiger charge is -2.37. The van der Waals surface area contributed by atoms with Gasteiger partial charge in [0.2, 0.25) is 0 Å². The number of aliphatic hydroxyl groups excluding tert-OH is 1. The van der Waals surface area contributed by atoms with Gasteiger partial charge >= 0.3 is 0 Å². The molecule has 2 atom stereocenters. The highest BCUT2D eigenvalue weighted by Crippen LogP contribution is 2.28. The quantitative estimate of drug-likeness (QED) is 0.745. The second kappa shape index (κ2) is 4.81. The van der Waals surface area contributed by atoms with Crippen molar-refractivity contribution in [3.05, 3.63) is 0 Å². The fourth-order valence-corrected chi connectivity index (χ4v) is 2.88. The molecule has 0 radical (unpaired) electrons. The first-order valence-electron chi connectivity index (χ1n) is 6.27. The molecule has 1 heterocycles. The van der Waals surface area contributed by atoms with E-state index in [1.54, 1.807) is 0 Å². The summed E-state index contributed by atoms with van der Waals surface area (Å²) in [6.07, 6.45) is 7.63. The molecule has 2 rings (SSSR count). The lowest BCUT2D eigenvalue weighted by Crippen LogP contribution is -2.57. The van der Waals surface area contributed by atoms with Crippen LogP contribution >= 0.6 is 0 Å². The Morgan fingerprint density at radius 3 is 2.60 bits per heavy atom. The highest BCUT2D eigenvalue weighted by molar-refractivity contribution is 4.99. The van der Waals surface area contributed by atoms with Gasteiger partial charge in [0.25, 0.3) is 0 Å². The molecule has 1 aliphatic carbocycles. The zero-order valence-corrected chi connectivity index (χ0v) is 9.67. The van der Waals surface area contributed by atoms with E-state index in [-0.39, 0.29) is 18.2 Å². The summed E-state index contributed by atoms with van der Waals surface area (Å²) in [5, 5.41) is 13.2. The highest BCUT2D eigenvalue weighted by atomic mass is 16.5. The molecule has 0 bridgehead atoms. The van der Waals surface area contributed by atoms with Gasteiger partial charge in [-0.3, -0.25) is 0 Å². The molecule has 0 aromatic rings. The van der Waals surface area contributed by atoms with E-state index in [9.17, 15) is 5.11 Å². The molecular weight excluding hydrogens is 190 g/mol. The molecule has 2 unspecified atom stereocenters. The van der Waals surface area contributed by atoms with Crippen LogP contribution in [-0.2, 0) is 4.74 Å². The number of hydrogen-bond acceptors (Lipinski definition) is 3. The largest absolute Gasteiger partial charge is 0.394 e. The summed E-state index contributed by atoms with van der Waals surface area (Å²) >= 11 is 0.